The molecule has 3 aromatic carbocycles. The normalized spacial score (nSPS) is 10.9. The summed E-state index contributed by atoms with van der Waals surface area (Å²) in [6, 6.07) is 22.9. The summed E-state index contributed by atoms with van der Waals surface area (Å²) in [5.41, 5.74) is 7.05. The van der Waals surface area contributed by atoms with Crippen LogP contribution in [0.25, 0.3) is 11.3 Å². The number of hydrogen-bond acceptors (Lipinski definition) is 7. The summed E-state index contributed by atoms with van der Waals surface area (Å²) < 4.78 is 11.7. The van der Waals surface area contributed by atoms with Crippen LogP contribution in [0.5, 0.6) is 11.5 Å². The van der Waals surface area contributed by atoms with Crippen LogP contribution in [0.4, 0.5) is 5.95 Å². The van der Waals surface area contributed by atoms with Crippen molar-refractivity contribution in [3.63, 3.8) is 0 Å². The van der Waals surface area contributed by atoms with Gasteiger partial charge in [-0.05, 0) is 53.8 Å². The second kappa shape index (κ2) is 11.9. The Morgan fingerprint density at radius 2 is 1.89 bits per heavy atom. The zero-order valence-corrected chi connectivity index (χ0v) is 21.8. The standard InChI is InChI=1S/C30H29N5O3/c1-19(2)24-12-10-20(3)14-27(24)38-18-23-15-21(11-13-26(23)37-4)17-32-35-30-33-28(22-8-6-5-7-9-22)25(16-31)29(36)34-30/h5-15,17,19H,18H2,1-4H3,(H2,33,34,35,36). The van der Waals surface area contributed by atoms with Crippen molar-refractivity contribution in [2.24, 2.45) is 5.10 Å². The van der Waals surface area contributed by atoms with Gasteiger partial charge in [-0.15, -0.1) is 0 Å². The number of H-pyrrole nitrogens is 1. The molecule has 0 saturated heterocycles. The average Bonchev–Trinajstić information content (AvgIpc) is 2.92. The summed E-state index contributed by atoms with van der Waals surface area (Å²) in [7, 11) is 1.62. The van der Waals surface area contributed by atoms with E-state index in [-0.39, 0.29) is 17.2 Å². The Labute approximate surface area is 221 Å². The first kappa shape index (κ1) is 26.2. The minimum atomic E-state index is -0.542. The van der Waals surface area contributed by atoms with Crippen LogP contribution in [0, 0.1) is 18.3 Å². The molecule has 192 valence electrons. The van der Waals surface area contributed by atoms with Crippen LogP contribution in [-0.2, 0) is 6.61 Å². The molecule has 0 fully saturated rings. The van der Waals surface area contributed by atoms with Crippen LogP contribution < -0.4 is 20.5 Å². The quantitative estimate of drug-likeness (QED) is 0.220. The Balaban J connectivity index is 1.54. The Hall–Kier alpha value is -4.90. The molecule has 4 rings (SSSR count). The van der Waals surface area contributed by atoms with Crippen molar-refractivity contribution in [2.75, 3.05) is 12.5 Å². The van der Waals surface area contributed by atoms with Crippen LogP contribution in [0.2, 0.25) is 0 Å². The predicted octanol–water partition coefficient (Wildman–Crippen LogP) is 5.77. The van der Waals surface area contributed by atoms with E-state index in [1.807, 2.05) is 55.5 Å². The van der Waals surface area contributed by atoms with Crippen molar-refractivity contribution in [1.29, 1.82) is 5.26 Å². The van der Waals surface area contributed by atoms with Crippen molar-refractivity contribution < 1.29 is 9.47 Å². The summed E-state index contributed by atoms with van der Waals surface area (Å²) >= 11 is 0. The second-order valence-corrected chi connectivity index (χ2v) is 9.04. The van der Waals surface area contributed by atoms with Crippen LogP contribution >= 0.6 is 0 Å². The maximum absolute atomic E-state index is 12.5. The third kappa shape index (κ3) is 6.08. The van der Waals surface area contributed by atoms with E-state index in [0.717, 1.165) is 28.0 Å². The lowest BCUT2D eigenvalue weighted by Gasteiger charge is -2.16. The summed E-state index contributed by atoms with van der Waals surface area (Å²) in [6.07, 6.45) is 1.61. The summed E-state index contributed by atoms with van der Waals surface area (Å²) in [4.78, 5) is 19.4. The van der Waals surface area contributed by atoms with Crippen molar-refractivity contribution in [3.05, 3.63) is 105 Å². The minimum absolute atomic E-state index is 0.0558. The van der Waals surface area contributed by atoms with E-state index in [1.54, 1.807) is 25.5 Å². The molecule has 0 aliphatic carbocycles. The van der Waals surface area contributed by atoms with Gasteiger partial charge in [0.05, 0.1) is 19.0 Å². The van der Waals surface area contributed by atoms with E-state index in [9.17, 15) is 10.1 Å². The number of hydrazone groups is 1. The number of anilines is 1. The Morgan fingerprint density at radius 1 is 1.11 bits per heavy atom. The maximum atomic E-state index is 12.5. The summed E-state index contributed by atoms with van der Waals surface area (Å²) in [6.45, 7) is 6.65. The molecule has 0 aliphatic rings. The fourth-order valence-corrected chi connectivity index (χ4v) is 3.99. The van der Waals surface area contributed by atoms with Gasteiger partial charge in [-0.3, -0.25) is 9.78 Å². The molecule has 4 aromatic rings. The third-order valence-electron chi connectivity index (χ3n) is 5.94. The van der Waals surface area contributed by atoms with Gasteiger partial charge in [0.15, 0.2) is 0 Å². The van der Waals surface area contributed by atoms with Gasteiger partial charge in [-0.2, -0.15) is 10.4 Å². The van der Waals surface area contributed by atoms with Crippen LogP contribution in [-0.4, -0.2) is 23.3 Å². The first-order valence-corrected chi connectivity index (χ1v) is 12.2. The average molecular weight is 508 g/mol. The lowest BCUT2D eigenvalue weighted by atomic mass is 10.0. The van der Waals surface area contributed by atoms with Gasteiger partial charge in [0.25, 0.3) is 5.56 Å². The molecule has 8 heteroatoms. The van der Waals surface area contributed by atoms with Gasteiger partial charge in [0, 0.05) is 11.1 Å². The minimum Gasteiger partial charge on any atom is -0.496 e. The molecule has 0 bridgehead atoms. The van der Waals surface area contributed by atoms with Gasteiger partial charge in [0.1, 0.15) is 29.7 Å². The molecular weight excluding hydrogens is 478 g/mol. The highest BCUT2D eigenvalue weighted by atomic mass is 16.5. The summed E-state index contributed by atoms with van der Waals surface area (Å²) in [5.74, 6) is 2.02. The Morgan fingerprint density at radius 3 is 2.61 bits per heavy atom. The van der Waals surface area contributed by atoms with E-state index in [2.05, 4.69) is 46.5 Å². The smallest absolute Gasteiger partial charge is 0.270 e. The zero-order chi connectivity index (χ0) is 27.1. The number of ether oxygens (including phenoxy) is 2. The number of hydrogen-bond donors (Lipinski definition) is 2. The van der Waals surface area contributed by atoms with E-state index < -0.39 is 5.56 Å². The van der Waals surface area contributed by atoms with Crippen molar-refractivity contribution in [2.45, 2.75) is 33.3 Å². The molecule has 0 unspecified atom stereocenters. The van der Waals surface area contributed by atoms with Crippen LogP contribution in [0.1, 0.15) is 47.6 Å². The monoisotopic (exact) mass is 507 g/mol. The highest BCUT2D eigenvalue weighted by molar-refractivity contribution is 5.81. The van der Waals surface area contributed by atoms with Crippen molar-refractivity contribution in [3.8, 4) is 28.8 Å². The fourth-order valence-electron chi connectivity index (χ4n) is 3.99. The maximum Gasteiger partial charge on any atom is 0.270 e. The van der Waals surface area contributed by atoms with Crippen molar-refractivity contribution in [1.82, 2.24) is 9.97 Å². The fraction of sp³-hybridized carbons (Fsp3) is 0.200. The van der Waals surface area contributed by atoms with Crippen LogP contribution in [0.15, 0.2) is 76.6 Å². The molecule has 1 aromatic heterocycles. The number of nitrogens with one attached hydrogen (secondary N) is 2. The molecule has 8 nitrogen and oxygen atoms in total. The van der Waals surface area contributed by atoms with E-state index >= 15 is 0 Å². The molecular formula is C30H29N5O3. The Bertz CT molecular complexity index is 1550. The molecule has 0 saturated carbocycles. The van der Waals surface area contributed by atoms with Gasteiger partial charge in [-0.25, -0.2) is 10.4 Å². The number of rotatable bonds is 9. The van der Waals surface area contributed by atoms with E-state index in [0.29, 0.717) is 23.8 Å². The molecule has 0 amide bonds. The SMILES string of the molecule is COc1ccc(C=NNc2nc(-c3ccccc3)c(C#N)c(=O)[nH]2)cc1COc1cc(C)ccc1C(C)C. The number of nitriles is 1. The lowest BCUT2D eigenvalue weighted by Crippen LogP contribution is -2.16. The van der Waals surface area contributed by atoms with Gasteiger partial charge in [-0.1, -0.05) is 56.3 Å². The number of aromatic amines is 1. The first-order chi connectivity index (χ1) is 18.4. The molecule has 1 heterocycles. The number of aromatic nitrogens is 2. The van der Waals surface area contributed by atoms with E-state index in [4.69, 9.17) is 9.47 Å². The first-order valence-electron chi connectivity index (χ1n) is 12.2. The molecule has 0 atom stereocenters. The molecule has 38 heavy (non-hydrogen) atoms. The lowest BCUT2D eigenvalue weighted by molar-refractivity contribution is 0.292. The largest absolute Gasteiger partial charge is 0.496 e. The third-order valence-corrected chi connectivity index (χ3v) is 5.94. The van der Waals surface area contributed by atoms with Gasteiger partial charge < -0.3 is 9.47 Å². The predicted molar refractivity (Wildman–Crippen MR) is 149 cm³/mol. The molecule has 0 spiro atoms. The van der Waals surface area contributed by atoms with Gasteiger partial charge in [0.2, 0.25) is 5.95 Å². The number of benzene rings is 3. The zero-order valence-electron chi connectivity index (χ0n) is 21.8. The molecule has 0 aliphatic heterocycles. The van der Waals surface area contributed by atoms with E-state index in [1.165, 1.54) is 0 Å². The highest BCUT2D eigenvalue weighted by Gasteiger charge is 2.13. The second-order valence-electron chi connectivity index (χ2n) is 9.04. The Kier molecular flexibility index (Phi) is 8.19. The van der Waals surface area contributed by atoms with Gasteiger partial charge >= 0.3 is 0 Å². The van der Waals surface area contributed by atoms with Crippen molar-refractivity contribution >= 4 is 12.2 Å². The number of nitrogens with zero attached hydrogens (tertiary/aromatic N) is 3. The topological polar surface area (TPSA) is 112 Å². The highest BCUT2D eigenvalue weighted by Crippen LogP contribution is 2.29. The molecule has 2 N–H and O–H groups in total. The van der Waals surface area contributed by atoms with Crippen LogP contribution in [0.3, 0.4) is 0 Å². The molecule has 0 radical (unpaired) electrons. The number of methoxy groups -OCH3 is 1. The number of aryl methyl sites for hydroxylation is 1. The summed E-state index contributed by atoms with van der Waals surface area (Å²) in [5, 5.41) is 13.7.